The zero-order valence-corrected chi connectivity index (χ0v) is 16.6. The molecular weight excluding hydrogens is 381 g/mol. The van der Waals surface area contributed by atoms with Crippen molar-refractivity contribution in [3.05, 3.63) is 34.9 Å². The van der Waals surface area contributed by atoms with Crippen LogP contribution in [-0.4, -0.2) is 37.2 Å². The minimum atomic E-state index is -4.40. The molecule has 3 fully saturated rings. The van der Waals surface area contributed by atoms with Crippen molar-refractivity contribution in [1.82, 2.24) is 10.6 Å². The highest BCUT2D eigenvalue weighted by Crippen LogP contribution is 2.43. The van der Waals surface area contributed by atoms with Crippen molar-refractivity contribution in [2.24, 2.45) is 0 Å². The number of carbonyl (C=O) groups is 1. The highest BCUT2D eigenvalue weighted by atomic mass is 19.4. The van der Waals surface area contributed by atoms with Gasteiger partial charge in [0.15, 0.2) is 0 Å². The third-order valence-corrected chi connectivity index (χ3v) is 6.37. The summed E-state index contributed by atoms with van der Waals surface area (Å²) in [6.07, 6.45) is 4.15. The maximum Gasteiger partial charge on any atom is 0.416 e. The fourth-order valence-corrected chi connectivity index (χ4v) is 4.58. The summed E-state index contributed by atoms with van der Waals surface area (Å²) in [5, 5.41) is 6.75. The quantitative estimate of drug-likeness (QED) is 0.757. The smallest absolute Gasteiger partial charge is 0.379 e. The van der Waals surface area contributed by atoms with Crippen molar-refractivity contribution in [2.75, 3.05) is 13.2 Å². The Hall–Kier alpha value is -1.60. The zero-order chi connectivity index (χ0) is 20.4. The van der Waals surface area contributed by atoms with Gasteiger partial charge in [0.2, 0.25) is 0 Å². The molecule has 0 bridgehead atoms. The molecule has 0 spiro atoms. The van der Waals surface area contributed by atoms with E-state index in [-0.39, 0.29) is 23.9 Å². The van der Waals surface area contributed by atoms with Crippen LogP contribution in [0.2, 0.25) is 0 Å². The number of carbonyl (C=O) groups excluding carboxylic acids is 1. The Morgan fingerprint density at radius 1 is 1.00 bits per heavy atom. The van der Waals surface area contributed by atoms with Crippen molar-refractivity contribution in [2.45, 2.75) is 81.6 Å². The molecular formula is C22H29F3N2O2. The Labute approximate surface area is 169 Å². The van der Waals surface area contributed by atoms with Crippen molar-refractivity contribution in [3.63, 3.8) is 0 Å². The zero-order valence-electron chi connectivity index (χ0n) is 16.6. The molecule has 2 N–H and O–H groups in total. The first-order valence-corrected chi connectivity index (χ1v) is 10.8. The van der Waals surface area contributed by atoms with Crippen molar-refractivity contribution in [3.8, 4) is 0 Å². The molecule has 3 aliphatic rings. The molecule has 4 rings (SSSR count). The number of rotatable bonds is 5. The van der Waals surface area contributed by atoms with Gasteiger partial charge in [-0.05, 0) is 61.8 Å². The van der Waals surface area contributed by atoms with Gasteiger partial charge in [-0.2, -0.15) is 13.2 Å². The van der Waals surface area contributed by atoms with Gasteiger partial charge in [0, 0.05) is 24.3 Å². The van der Waals surface area contributed by atoms with Crippen molar-refractivity contribution in [1.29, 1.82) is 0 Å². The second-order valence-electron chi connectivity index (χ2n) is 8.63. The maximum absolute atomic E-state index is 13.1. The average molecular weight is 410 g/mol. The molecule has 29 heavy (non-hydrogen) atoms. The molecule has 2 aliphatic carbocycles. The Balaban J connectivity index is 1.47. The minimum Gasteiger partial charge on any atom is -0.379 e. The Morgan fingerprint density at radius 3 is 2.45 bits per heavy atom. The molecule has 2 atom stereocenters. The SMILES string of the molecule is O=C(N[C@H]1COCC[C@H]1NC1CCCCC1)c1ccc(C(F)(F)F)cc1C1CC1. The average Bonchev–Trinajstić information content (AvgIpc) is 3.54. The van der Waals surface area contributed by atoms with Crippen LogP contribution in [0.5, 0.6) is 0 Å². The minimum absolute atomic E-state index is 0.0526. The van der Waals surface area contributed by atoms with E-state index in [9.17, 15) is 18.0 Å². The summed E-state index contributed by atoms with van der Waals surface area (Å²) in [6, 6.07) is 3.93. The Kier molecular flexibility index (Phi) is 6.16. The first-order chi connectivity index (χ1) is 13.9. The summed E-state index contributed by atoms with van der Waals surface area (Å²) >= 11 is 0. The molecule has 160 valence electrons. The van der Waals surface area contributed by atoms with Gasteiger partial charge < -0.3 is 15.4 Å². The van der Waals surface area contributed by atoms with E-state index in [1.165, 1.54) is 25.3 Å². The lowest BCUT2D eigenvalue weighted by Crippen LogP contribution is -2.57. The molecule has 2 saturated carbocycles. The highest BCUT2D eigenvalue weighted by Gasteiger charge is 2.36. The van der Waals surface area contributed by atoms with E-state index in [0.29, 0.717) is 30.4 Å². The van der Waals surface area contributed by atoms with Gasteiger partial charge in [0.25, 0.3) is 5.91 Å². The number of hydrogen-bond acceptors (Lipinski definition) is 3. The standard InChI is InChI=1S/C22H29F3N2O2/c23-22(24,25)15-8-9-17(18(12-15)14-6-7-14)21(28)27-20-13-29-11-10-19(20)26-16-4-2-1-3-5-16/h8-9,12,14,16,19-20,26H,1-7,10-11,13H2,(H,27,28)/t19-,20+/m1/s1. The van der Waals surface area contributed by atoms with Crippen LogP contribution in [0.1, 0.15) is 78.8 Å². The molecule has 1 saturated heterocycles. The van der Waals surface area contributed by atoms with Gasteiger partial charge in [0.05, 0.1) is 18.2 Å². The molecule has 7 heteroatoms. The molecule has 0 aromatic heterocycles. The predicted octanol–water partition coefficient (Wildman–Crippen LogP) is 4.39. The lowest BCUT2D eigenvalue weighted by atomic mass is 9.92. The van der Waals surface area contributed by atoms with Crippen LogP contribution in [0, 0.1) is 0 Å². The van der Waals surface area contributed by atoms with Gasteiger partial charge >= 0.3 is 6.18 Å². The second kappa shape index (κ2) is 8.64. The molecule has 1 amide bonds. The summed E-state index contributed by atoms with van der Waals surface area (Å²) in [5.74, 6) is -0.247. The first-order valence-electron chi connectivity index (χ1n) is 10.8. The number of alkyl halides is 3. The largest absolute Gasteiger partial charge is 0.416 e. The molecule has 1 heterocycles. The molecule has 1 aromatic carbocycles. The number of hydrogen-bond donors (Lipinski definition) is 2. The van der Waals surface area contributed by atoms with Gasteiger partial charge in [-0.3, -0.25) is 4.79 Å². The van der Waals surface area contributed by atoms with E-state index in [0.717, 1.165) is 44.2 Å². The van der Waals surface area contributed by atoms with Crippen LogP contribution >= 0.6 is 0 Å². The molecule has 4 nitrogen and oxygen atoms in total. The number of ether oxygens (including phenoxy) is 1. The Bertz CT molecular complexity index is 727. The fraction of sp³-hybridized carbons (Fsp3) is 0.682. The molecule has 0 unspecified atom stereocenters. The Morgan fingerprint density at radius 2 is 1.76 bits per heavy atom. The normalized spacial score (nSPS) is 26.3. The van der Waals surface area contributed by atoms with Gasteiger partial charge in [0.1, 0.15) is 0 Å². The second-order valence-corrected chi connectivity index (χ2v) is 8.63. The number of amides is 1. The first kappa shape index (κ1) is 20.7. The number of nitrogens with one attached hydrogen (secondary N) is 2. The van der Waals surface area contributed by atoms with Crippen LogP contribution < -0.4 is 10.6 Å². The number of halogens is 3. The maximum atomic E-state index is 13.1. The van der Waals surface area contributed by atoms with E-state index < -0.39 is 11.7 Å². The van der Waals surface area contributed by atoms with E-state index in [1.54, 1.807) is 0 Å². The summed E-state index contributed by atoms with van der Waals surface area (Å²) in [4.78, 5) is 13.0. The van der Waals surface area contributed by atoms with E-state index in [4.69, 9.17) is 4.74 Å². The van der Waals surface area contributed by atoms with Gasteiger partial charge in [-0.1, -0.05) is 19.3 Å². The summed E-state index contributed by atoms with van der Waals surface area (Å²) in [5.41, 5.74) is 0.196. The van der Waals surface area contributed by atoms with Crippen LogP contribution in [0.3, 0.4) is 0 Å². The lowest BCUT2D eigenvalue weighted by Gasteiger charge is -2.36. The van der Waals surface area contributed by atoms with Crippen LogP contribution in [0.25, 0.3) is 0 Å². The van der Waals surface area contributed by atoms with Crippen molar-refractivity contribution < 1.29 is 22.7 Å². The third-order valence-electron chi connectivity index (χ3n) is 6.37. The van der Waals surface area contributed by atoms with E-state index in [2.05, 4.69) is 10.6 Å². The fourth-order valence-electron chi connectivity index (χ4n) is 4.58. The summed E-state index contributed by atoms with van der Waals surface area (Å²) < 4.78 is 44.9. The molecule has 1 aromatic rings. The molecule has 1 aliphatic heterocycles. The molecule has 0 radical (unpaired) electrons. The summed E-state index contributed by atoms with van der Waals surface area (Å²) in [7, 11) is 0. The lowest BCUT2D eigenvalue weighted by molar-refractivity contribution is -0.137. The van der Waals surface area contributed by atoms with Crippen LogP contribution in [0.15, 0.2) is 18.2 Å². The predicted molar refractivity (Wildman–Crippen MR) is 104 cm³/mol. The highest BCUT2D eigenvalue weighted by molar-refractivity contribution is 5.96. The van der Waals surface area contributed by atoms with Crippen LogP contribution in [0.4, 0.5) is 13.2 Å². The third kappa shape index (κ3) is 5.12. The number of benzene rings is 1. The van der Waals surface area contributed by atoms with Crippen LogP contribution in [-0.2, 0) is 10.9 Å². The van der Waals surface area contributed by atoms with Gasteiger partial charge in [-0.25, -0.2) is 0 Å². The van der Waals surface area contributed by atoms with Crippen molar-refractivity contribution >= 4 is 5.91 Å². The summed E-state index contributed by atoms with van der Waals surface area (Å²) in [6.45, 7) is 1.08. The van der Waals surface area contributed by atoms with E-state index >= 15 is 0 Å². The topological polar surface area (TPSA) is 50.4 Å². The monoisotopic (exact) mass is 410 g/mol. The van der Waals surface area contributed by atoms with Gasteiger partial charge in [-0.15, -0.1) is 0 Å². The van der Waals surface area contributed by atoms with E-state index in [1.807, 2.05) is 0 Å².